The van der Waals surface area contributed by atoms with Crippen LogP contribution < -0.4 is 11.1 Å². The maximum Gasteiger partial charge on any atom is 0.244 e. The summed E-state index contributed by atoms with van der Waals surface area (Å²) in [6.07, 6.45) is 1.63. The van der Waals surface area contributed by atoms with Crippen molar-refractivity contribution in [3.63, 3.8) is 0 Å². The van der Waals surface area contributed by atoms with E-state index in [9.17, 15) is 4.79 Å². The van der Waals surface area contributed by atoms with Crippen LogP contribution in [0.5, 0.6) is 0 Å². The monoisotopic (exact) mass is 208 g/mol. The Morgan fingerprint density at radius 1 is 1.60 bits per heavy atom. The molecule has 5 heteroatoms. The Bertz CT molecular complexity index is 351. The first kappa shape index (κ1) is 11.3. The molecule has 1 aromatic heterocycles. The van der Waals surface area contributed by atoms with Crippen LogP contribution in [0.25, 0.3) is 0 Å². The molecule has 1 amide bonds. The molecule has 1 aromatic rings. The summed E-state index contributed by atoms with van der Waals surface area (Å²) in [7, 11) is 3.42. The number of nitrogens with one attached hydrogen (secondary N) is 1. The van der Waals surface area contributed by atoms with Gasteiger partial charge in [0, 0.05) is 20.3 Å². The van der Waals surface area contributed by atoms with E-state index in [4.69, 9.17) is 5.73 Å². The standard InChI is InChI=1S/C10H16N4O/c1-7(10(15)14(2)3)13-9-8(11)5-4-6-12-9/h4-7H,11H2,1-3H3,(H,12,13). The van der Waals surface area contributed by atoms with Crippen molar-refractivity contribution in [3.8, 4) is 0 Å². The molecule has 1 atom stereocenters. The Kier molecular flexibility index (Phi) is 3.49. The molecule has 0 bridgehead atoms. The smallest absolute Gasteiger partial charge is 0.244 e. The Balaban J connectivity index is 2.71. The van der Waals surface area contributed by atoms with Gasteiger partial charge in [0.05, 0.1) is 5.69 Å². The number of nitrogen functional groups attached to an aromatic ring is 1. The van der Waals surface area contributed by atoms with Gasteiger partial charge in [-0.3, -0.25) is 4.79 Å². The maximum atomic E-state index is 11.6. The van der Waals surface area contributed by atoms with Crippen LogP contribution in [0.4, 0.5) is 11.5 Å². The second-order valence-corrected chi connectivity index (χ2v) is 3.54. The first-order valence-corrected chi connectivity index (χ1v) is 4.70. The Hall–Kier alpha value is -1.78. The number of hydrogen-bond acceptors (Lipinski definition) is 4. The van der Waals surface area contributed by atoms with Gasteiger partial charge in [-0.25, -0.2) is 4.98 Å². The third kappa shape index (κ3) is 2.83. The van der Waals surface area contributed by atoms with Crippen LogP contribution in [-0.4, -0.2) is 35.9 Å². The number of rotatable bonds is 3. The molecule has 3 N–H and O–H groups in total. The highest BCUT2D eigenvalue weighted by Gasteiger charge is 2.15. The largest absolute Gasteiger partial charge is 0.396 e. The summed E-state index contributed by atoms with van der Waals surface area (Å²) >= 11 is 0. The van der Waals surface area contributed by atoms with E-state index < -0.39 is 0 Å². The fourth-order valence-electron chi connectivity index (χ4n) is 1.19. The van der Waals surface area contributed by atoms with Crippen molar-refractivity contribution in [1.82, 2.24) is 9.88 Å². The molecule has 0 saturated carbocycles. The van der Waals surface area contributed by atoms with Gasteiger partial charge >= 0.3 is 0 Å². The lowest BCUT2D eigenvalue weighted by Gasteiger charge is -2.18. The molecule has 1 rings (SSSR count). The maximum absolute atomic E-state index is 11.6. The number of anilines is 2. The molecule has 0 aliphatic heterocycles. The van der Waals surface area contributed by atoms with Crippen molar-refractivity contribution >= 4 is 17.4 Å². The Morgan fingerprint density at radius 2 is 2.27 bits per heavy atom. The second-order valence-electron chi connectivity index (χ2n) is 3.54. The van der Waals surface area contributed by atoms with Gasteiger partial charge in [-0.2, -0.15) is 0 Å². The summed E-state index contributed by atoms with van der Waals surface area (Å²) < 4.78 is 0. The van der Waals surface area contributed by atoms with Gasteiger partial charge in [0.2, 0.25) is 5.91 Å². The quantitative estimate of drug-likeness (QED) is 0.761. The Labute approximate surface area is 89.3 Å². The van der Waals surface area contributed by atoms with Crippen LogP contribution in [0.3, 0.4) is 0 Å². The van der Waals surface area contributed by atoms with Crippen LogP contribution in [0, 0.1) is 0 Å². The Morgan fingerprint density at radius 3 is 2.80 bits per heavy atom. The average molecular weight is 208 g/mol. The molecule has 0 aromatic carbocycles. The van der Waals surface area contributed by atoms with Gasteiger partial charge < -0.3 is 16.0 Å². The predicted molar refractivity (Wildman–Crippen MR) is 60.4 cm³/mol. The molecule has 0 aliphatic carbocycles. The lowest BCUT2D eigenvalue weighted by Crippen LogP contribution is -2.37. The highest BCUT2D eigenvalue weighted by atomic mass is 16.2. The molecule has 5 nitrogen and oxygen atoms in total. The van der Waals surface area contributed by atoms with Gasteiger partial charge in [-0.1, -0.05) is 0 Å². The van der Waals surface area contributed by atoms with Crippen LogP contribution in [-0.2, 0) is 4.79 Å². The summed E-state index contributed by atoms with van der Waals surface area (Å²) in [5, 5.41) is 2.96. The van der Waals surface area contributed by atoms with Gasteiger partial charge in [-0.05, 0) is 19.1 Å². The van der Waals surface area contributed by atoms with E-state index in [2.05, 4.69) is 10.3 Å². The fourth-order valence-corrected chi connectivity index (χ4v) is 1.19. The van der Waals surface area contributed by atoms with E-state index in [1.165, 1.54) is 4.90 Å². The molecule has 0 saturated heterocycles. The van der Waals surface area contributed by atoms with E-state index in [0.717, 1.165) is 0 Å². The minimum Gasteiger partial charge on any atom is -0.396 e. The lowest BCUT2D eigenvalue weighted by atomic mass is 10.3. The molecule has 0 aliphatic rings. The second kappa shape index (κ2) is 4.63. The van der Waals surface area contributed by atoms with E-state index in [1.54, 1.807) is 39.3 Å². The number of pyridine rings is 1. The minimum atomic E-state index is -0.336. The van der Waals surface area contributed by atoms with Gasteiger partial charge in [0.25, 0.3) is 0 Å². The third-order valence-corrected chi connectivity index (χ3v) is 2.00. The lowest BCUT2D eigenvalue weighted by molar-refractivity contribution is -0.129. The average Bonchev–Trinajstić information content (AvgIpc) is 2.20. The van der Waals surface area contributed by atoms with Crippen LogP contribution in [0.1, 0.15) is 6.92 Å². The van der Waals surface area contributed by atoms with Crippen molar-refractivity contribution in [3.05, 3.63) is 18.3 Å². The van der Waals surface area contributed by atoms with Crippen molar-refractivity contribution in [2.75, 3.05) is 25.1 Å². The zero-order valence-corrected chi connectivity index (χ0v) is 9.19. The normalized spacial score (nSPS) is 11.9. The highest BCUT2D eigenvalue weighted by Crippen LogP contribution is 2.14. The number of hydrogen-bond donors (Lipinski definition) is 2. The summed E-state index contributed by atoms with van der Waals surface area (Å²) in [6, 6.07) is 3.15. The van der Waals surface area contributed by atoms with Crippen molar-refractivity contribution in [2.45, 2.75) is 13.0 Å². The predicted octanol–water partition coefficient (Wildman–Crippen LogP) is 0.552. The van der Waals surface area contributed by atoms with Crippen molar-refractivity contribution < 1.29 is 4.79 Å². The van der Waals surface area contributed by atoms with Crippen LogP contribution in [0.2, 0.25) is 0 Å². The molecule has 0 fully saturated rings. The van der Waals surface area contributed by atoms with Crippen LogP contribution >= 0.6 is 0 Å². The van der Waals surface area contributed by atoms with E-state index >= 15 is 0 Å². The van der Waals surface area contributed by atoms with Crippen molar-refractivity contribution in [1.29, 1.82) is 0 Å². The molecule has 0 radical (unpaired) electrons. The van der Waals surface area contributed by atoms with Crippen molar-refractivity contribution in [2.24, 2.45) is 0 Å². The molecule has 0 spiro atoms. The summed E-state index contributed by atoms with van der Waals surface area (Å²) in [4.78, 5) is 17.1. The number of carbonyl (C=O) groups is 1. The molecule has 82 valence electrons. The summed E-state index contributed by atoms with van der Waals surface area (Å²) in [5.74, 6) is 0.528. The first-order valence-electron chi connectivity index (χ1n) is 4.70. The number of likely N-dealkylation sites (N-methyl/N-ethyl adjacent to an activating group) is 1. The number of nitrogens with zero attached hydrogens (tertiary/aromatic N) is 2. The summed E-state index contributed by atoms with van der Waals surface area (Å²) in [5.41, 5.74) is 6.23. The minimum absolute atomic E-state index is 0.0138. The number of nitrogens with two attached hydrogens (primary N) is 1. The van der Waals surface area contributed by atoms with E-state index in [1.807, 2.05) is 0 Å². The SMILES string of the molecule is CC(Nc1ncccc1N)C(=O)N(C)C. The molecule has 1 unspecified atom stereocenters. The molecule has 15 heavy (non-hydrogen) atoms. The molecular formula is C10H16N4O. The third-order valence-electron chi connectivity index (χ3n) is 2.00. The van der Waals surface area contributed by atoms with Crippen LogP contribution in [0.15, 0.2) is 18.3 Å². The fraction of sp³-hybridized carbons (Fsp3) is 0.400. The number of carbonyl (C=O) groups excluding carboxylic acids is 1. The molecular weight excluding hydrogens is 192 g/mol. The number of amides is 1. The zero-order valence-electron chi connectivity index (χ0n) is 9.19. The topological polar surface area (TPSA) is 71.2 Å². The highest BCUT2D eigenvalue weighted by molar-refractivity contribution is 5.84. The first-order chi connectivity index (χ1) is 7.02. The van der Waals surface area contributed by atoms with Gasteiger partial charge in [0.1, 0.15) is 11.9 Å². The molecule has 1 heterocycles. The van der Waals surface area contributed by atoms with Gasteiger partial charge in [-0.15, -0.1) is 0 Å². The van der Waals surface area contributed by atoms with E-state index in [-0.39, 0.29) is 11.9 Å². The number of aromatic nitrogens is 1. The van der Waals surface area contributed by atoms with Gasteiger partial charge in [0.15, 0.2) is 0 Å². The summed E-state index contributed by atoms with van der Waals surface area (Å²) in [6.45, 7) is 1.77. The van der Waals surface area contributed by atoms with E-state index in [0.29, 0.717) is 11.5 Å². The zero-order chi connectivity index (χ0) is 11.4.